The summed E-state index contributed by atoms with van der Waals surface area (Å²) in [6.45, 7) is 2.37. The fourth-order valence-corrected chi connectivity index (χ4v) is 2.13. The summed E-state index contributed by atoms with van der Waals surface area (Å²) in [6, 6.07) is 7.86. The number of aromatic nitrogens is 1. The van der Waals surface area contributed by atoms with Crippen LogP contribution in [0.3, 0.4) is 0 Å². The largest absolute Gasteiger partial charge is 0.329 e. The Kier molecular flexibility index (Phi) is 3.94. The number of nitrogens with two attached hydrogens (primary N) is 1. The van der Waals surface area contributed by atoms with E-state index in [0.717, 1.165) is 29.0 Å². The van der Waals surface area contributed by atoms with E-state index in [9.17, 15) is 0 Å². The second-order valence-electron chi connectivity index (χ2n) is 4.13. The highest BCUT2D eigenvalue weighted by atomic mass is 35.5. The molecule has 0 unspecified atom stereocenters. The predicted molar refractivity (Wildman–Crippen MR) is 72.1 cm³/mol. The van der Waals surface area contributed by atoms with Gasteiger partial charge >= 0.3 is 0 Å². The molecule has 0 saturated carbocycles. The molecule has 0 fully saturated rings. The first kappa shape index (κ1) is 12.3. The maximum absolute atomic E-state index is 6.15. The molecule has 1 aromatic carbocycles. The third-order valence-corrected chi connectivity index (χ3v) is 3.08. The number of likely N-dealkylation sites (N-methyl/N-ethyl adjacent to an activating group) is 1. The van der Waals surface area contributed by atoms with Crippen molar-refractivity contribution >= 4 is 22.5 Å². The monoisotopic (exact) mass is 249 g/mol. The van der Waals surface area contributed by atoms with Crippen molar-refractivity contribution in [1.29, 1.82) is 0 Å². The van der Waals surface area contributed by atoms with Gasteiger partial charge < -0.3 is 10.6 Å². The van der Waals surface area contributed by atoms with Crippen molar-refractivity contribution in [2.45, 2.75) is 6.54 Å². The van der Waals surface area contributed by atoms with Crippen LogP contribution in [-0.4, -0.2) is 30.0 Å². The van der Waals surface area contributed by atoms with Crippen LogP contribution in [0.2, 0.25) is 5.02 Å². The van der Waals surface area contributed by atoms with Gasteiger partial charge in [-0.3, -0.25) is 4.98 Å². The minimum atomic E-state index is 0.662. The van der Waals surface area contributed by atoms with Crippen molar-refractivity contribution in [3.8, 4) is 0 Å². The molecule has 0 aliphatic rings. The summed E-state index contributed by atoms with van der Waals surface area (Å²) in [5, 5.41) is 1.76. The first-order valence-electron chi connectivity index (χ1n) is 5.63. The van der Waals surface area contributed by atoms with Gasteiger partial charge in [0.1, 0.15) is 0 Å². The molecule has 2 aromatic rings. The lowest BCUT2D eigenvalue weighted by atomic mass is 10.1. The summed E-state index contributed by atoms with van der Waals surface area (Å²) in [6.07, 6.45) is 1.80. The SMILES string of the molecule is CN(CCN)Cc1ccc(Cl)c2cccnc12. The summed E-state index contributed by atoms with van der Waals surface area (Å²) < 4.78 is 0. The van der Waals surface area contributed by atoms with E-state index in [0.29, 0.717) is 6.54 Å². The quantitative estimate of drug-likeness (QED) is 0.904. The second kappa shape index (κ2) is 5.45. The average Bonchev–Trinajstić information content (AvgIpc) is 2.34. The molecule has 0 radical (unpaired) electrons. The first-order valence-corrected chi connectivity index (χ1v) is 6.01. The molecule has 1 heterocycles. The Hall–Kier alpha value is -1.16. The molecule has 0 aliphatic heterocycles. The summed E-state index contributed by atoms with van der Waals surface area (Å²) in [4.78, 5) is 6.59. The topological polar surface area (TPSA) is 42.1 Å². The Morgan fingerprint density at radius 3 is 2.94 bits per heavy atom. The van der Waals surface area contributed by atoms with E-state index >= 15 is 0 Å². The van der Waals surface area contributed by atoms with Crippen molar-refractivity contribution in [3.63, 3.8) is 0 Å². The van der Waals surface area contributed by atoms with E-state index < -0.39 is 0 Å². The normalized spacial score (nSPS) is 11.3. The molecule has 4 heteroatoms. The second-order valence-corrected chi connectivity index (χ2v) is 4.54. The highest BCUT2D eigenvalue weighted by Gasteiger charge is 2.07. The van der Waals surface area contributed by atoms with Gasteiger partial charge in [0.25, 0.3) is 0 Å². The lowest BCUT2D eigenvalue weighted by Gasteiger charge is -2.16. The van der Waals surface area contributed by atoms with Crippen LogP contribution in [0.15, 0.2) is 30.5 Å². The molecule has 0 atom stereocenters. The van der Waals surface area contributed by atoms with Gasteiger partial charge in [-0.2, -0.15) is 0 Å². The number of hydrogen-bond donors (Lipinski definition) is 1. The number of benzene rings is 1. The molecular formula is C13H16ClN3. The van der Waals surface area contributed by atoms with Gasteiger partial charge in [-0.15, -0.1) is 0 Å². The Bertz CT molecular complexity index is 513. The van der Waals surface area contributed by atoms with Crippen molar-refractivity contribution in [2.24, 2.45) is 5.73 Å². The maximum atomic E-state index is 6.15. The van der Waals surface area contributed by atoms with Crippen LogP contribution >= 0.6 is 11.6 Å². The van der Waals surface area contributed by atoms with E-state index in [1.165, 1.54) is 5.56 Å². The molecule has 17 heavy (non-hydrogen) atoms. The summed E-state index contributed by atoms with van der Waals surface area (Å²) in [5.74, 6) is 0. The van der Waals surface area contributed by atoms with Gasteiger partial charge in [0, 0.05) is 36.2 Å². The predicted octanol–water partition coefficient (Wildman–Crippen LogP) is 2.28. The first-order chi connectivity index (χ1) is 8.22. The van der Waals surface area contributed by atoms with E-state index in [-0.39, 0.29) is 0 Å². The van der Waals surface area contributed by atoms with Crippen LogP contribution in [-0.2, 0) is 6.54 Å². The van der Waals surface area contributed by atoms with Crippen LogP contribution in [0.5, 0.6) is 0 Å². The number of hydrogen-bond acceptors (Lipinski definition) is 3. The fraction of sp³-hybridized carbons (Fsp3) is 0.308. The Balaban J connectivity index is 2.38. The molecule has 0 amide bonds. The number of fused-ring (bicyclic) bond motifs is 1. The van der Waals surface area contributed by atoms with E-state index in [1.54, 1.807) is 6.20 Å². The van der Waals surface area contributed by atoms with Crippen molar-refractivity contribution in [3.05, 3.63) is 41.0 Å². The number of halogens is 1. The number of rotatable bonds is 4. The lowest BCUT2D eigenvalue weighted by Crippen LogP contribution is -2.25. The van der Waals surface area contributed by atoms with Crippen molar-refractivity contribution < 1.29 is 0 Å². The smallest absolute Gasteiger partial charge is 0.0761 e. The third-order valence-electron chi connectivity index (χ3n) is 2.75. The molecule has 1 aromatic heterocycles. The van der Waals surface area contributed by atoms with E-state index in [1.807, 2.05) is 24.3 Å². The highest BCUT2D eigenvalue weighted by Crippen LogP contribution is 2.25. The minimum absolute atomic E-state index is 0.662. The van der Waals surface area contributed by atoms with Crippen molar-refractivity contribution in [1.82, 2.24) is 9.88 Å². The van der Waals surface area contributed by atoms with Crippen LogP contribution in [0.4, 0.5) is 0 Å². The number of nitrogens with zero attached hydrogens (tertiary/aromatic N) is 2. The molecular weight excluding hydrogens is 234 g/mol. The summed E-state index contributed by atoms with van der Waals surface area (Å²) in [7, 11) is 2.05. The van der Waals surface area contributed by atoms with Gasteiger partial charge in [-0.25, -0.2) is 0 Å². The zero-order valence-corrected chi connectivity index (χ0v) is 10.6. The van der Waals surface area contributed by atoms with Crippen LogP contribution in [0, 0.1) is 0 Å². The van der Waals surface area contributed by atoms with E-state index in [4.69, 9.17) is 17.3 Å². The van der Waals surface area contributed by atoms with Gasteiger partial charge in [-0.1, -0.05) is 17.7 Å². The minimum Gasteiger partial charge on any atom is -0.329 e. The van der Waals surface area contributed by atoms with Gasteiger partial charge in [0.2, 0.25) is 0 Å². The van der Waals surface area contributed by atoms with E-state index in [2.05, 4.69) is 16.9 Å². The zero-order chi connectivity index (χ0) is 12.3. The molecule has 0 spiro atoms. The van der Waals surface area contributed by atoms with Crippen LogP contribution < -0.4 is 5.73 Å². The standard InChI is InChI=1S/C13H16ClN3/c1-17(8-6-15)9-10-4-5-12(14)11-3-2-7-16-13(10)11/h2-5,7H,6,8-9,15H2,1H3. The molecule has 2 N–H and O–H groups in total. The Morgan fingerprint density at radius 2 is 2.18 bits per heavy atom. The Morgan fingerprint density at radius 1 is 1.35 bits per heavy atom. The third kappa shape index (κ3) is 2.75. The summed E-state index contributed by atoms with van der Waals surface area (Å²) >= 11 is 6.15. The Labute approximate surface area is 106 Å². The molecule has 2 rings (SSSR count). The van der Waals surface area contributed by atoms with Gasteiger partial charge in [0.05, 0.1) is 5.52 Å². The molecule has 0 saturated heterocycles. The zero-order valence-electron chi connectivity index (χ0n) is 9.86. The molecule has 90 valence electrons. The number of pyridine rings is 1. The van der Waals surface area contributed by atoms with Crippen LogP contribution in [0.25, 0.3) is 10.9 Å². The van der Waals surface area contributed by atoms with Gasteiger partial charge in [0.15, 0.2) is 0 Å². The highest BCUT2D eigenvalue weighted by molar-refractivity contribution is 6.35. The lowest BCUT2D eigenvalue weighted by molar-refractivity contribution is 0.337. The van der Waals surface area contributed by atoms with Crippen LogP contribution in [0.1, 0.15) is 5.56 Å². The molecule has 3 nitrogen and oxygen atoms in total. The fourth-order valence-electron chi connectivity index (χ4n) is 1.91. The van der Waals surface area contributed by atoms with Gasteiger partial charge in [-0.05, 0) is 30.8 Å². The molecule has 0 aliphatic carbocycles. The maximum Gasteiger partial charge on any atom is 0.0761 e. The summed E-state index contributed by atoms with van der Waals surface area (Å²) in [5.41, 5.74) is 7.70. The average molecular weight is 250 g/mol. The van der Waals surface area contributed by atoms with Crippen molar-refractivity contribution in [2.75, 3.05) is 20.1 Å². The molecule has 0 bridgehead atoms.